The number of benzene rings is 1. The molecule has 0 bridgehead atoms. The largest absolute Gasteiger partial charge is 0.535 e. The Morgan fingerprint density at radius 2 is 2.30 bits per heavy atom. The molecule has 7 heteroatoms. The van der Waals surface area contributed by atoms with Crippen LogP contribution >= 0.6 is 11.8 Å². The molecule has 1 heterocycles. The fourth-order valence-electron chi connectivity index (χ4n) is 2.19. The van der Waals surface area contributed by atoms with E-state index in [4.69, 9.17) is 10.4 Å². The molecule has 0 saturated heterocycles. The van der Waals surface area contributed by atoms with Gasteiger partial charge >= 0.3 is 13.1 Å². The summed E-state index contributed by atoms with van der Waals surface area (Å²) in [6.07, 6.45) is 2.04. The average Bonchev–Trinajstić information content (AvgIpc) is 2.42. The first kappa shape index (κ1) is 15.2. The van der Waals surface area contributed by atoms with Gasteiger partial charge in [-0.3, -0.25) is 0 Å². The average molecular weight is 295 g/mol. The summed E-state index contributed by atoms with van der Waals surface area (Å²) in [7, 11) is -0.916. The first-order valence-electron chi connectivity index (χ1n) is 6.64. The van der Waals surface area contributed by atoms with Crippen molar-refractivity contribution in [1.82, 2.24) is 0 Å². The summed E-state index contributed by atoms with van der Waals surface area (Å²) >= 11 is 1.65. The predicted molar refractivity (Wildman–Crippen MR) is 80.3 cm³/mol. The molecule has 0 aromatic heterocycles. The molecule has 2 rings (SSSR count). The number of carboxylic acids is 1. The van der Waals surface area contributed by atoms with E-state index in [0.29, 0.717) is 30.8 Å². The van der Waals surface area contributed by atoms with Crippen LogP contribution in [-0.4, -0.2) is 35.5 Å². The zero-order valence-corrected chi connectivity index (χ0v) is 12.0. The number of aryl methyl sites for hydroxylation is 1. The van der Waals surface area contributed by atoms with Crippen molar-refractivity contribution in [2.45, 2.75) is 24.9 Å². The Balaban J connectivity index is 2.23. The Morgan fingerprint density at radius 1 is 1.50 bits per heavy atom. The van der Waals surface area contributed by atoms with Crippen LogP contribution < -0.4 is 10.4 Å². The molecule has 0 saturated carbocycles. The molecule has 1 aromatic carbocycles. The van der Waals surface area contributed by atoms with Gasteiger partial charge in [-0.25, -0.2) is 4.79 Å². The van der Waals surface area contributed by atoms with Crippen LogP contribution in [0, 0.1) is 0 Å². The van der Waals surface area contributed by atoms with E-state index in [1.54, 1.807) is 11.8 Å². The van der Waals surface area contributed by atoms with E-state index >= 15 is 0 Å². The third-order valence-electron chi connectivity index (χ3n) is 3.20. The number of carbonyl (C=O) groups is 1. The van der Waals surface area contributed by atoms with Crippen molar-refractivity contribution in [1.29, 1.82) is 0 Å². The van der Waals surface area contributed by atoms with E-state index in [1.165, 1.54) is 0 Å². The van der Waals surface area contributed by atoms with Crippen molar-refractivity contribution in [3.05, 3.63) is 28.8 Å². The van der Waals surface area contributed by atoms with E-state index in [0.717, 1.165) is 23.3 Å². The molecular formula is C13H18BNO4S. The summed E-state index contributed by atoms with van der Waals surface area (Å²) in [6.45, 7) is 0.637. The highest BCUT2D eigenvalue weighted by Crippen LogP contribution is 2.34. The van der Waals surface area contributed by atoms with Gasteiger partial charge in [0.05, 0.1) is 0 Å². The fraction of sp³-hybridized carbons (Fsp3) is 0.462. The molecule has 0 radical (unpaired) electrons. The molecular weight excluding hydrogens is 277 g/mol. The highest BCUT2D eigenvalue weighted by molar-refractivity contribution is 7.98. The molecule has 0 spiro atoms. The van der Waals surface area contributed by atoms with Gasteiger partial charge in [-0.15, -0.1) is 0 Å². The fourth-order valence-corrected chi connectivity index (χ4v) is 3.17. The quantitative estimate of drug-likeness (QED) is 0.542. The van der Waals surface area contributed by atoms with Crippen molar-refractivity contribution in [3.63, 3.8) is 0 Å². The zero-order chi connectivity index (χ0) is 14.5. The summed E-state index contributed by atoms with van der Waals surface area (Å²) in [6, 6.07) is 3.74. The number of hydrogen-bond acceptors (Lipinski definition) is 5. The second kappa shape index (κ2) is 7.01. The number of thioether (sulfide) groups is 1. The minimum absolute atomic E-state index is 0.182. The van der Waals surface area contributed by atoms with E-state index in [2.05, 4.69) is 0 Å². The maximum absolute atomic E-state index is 11.5. The zero-order valence-electron chi connectivity index (χ0n) is 11.2. The van der Waals surface area contributed by atoms with Crippen LogP contribution in [0.25, 0.3) is 0 Å². The SMILES string of the molecule is NCCCSCc1ccc2c(c1C(=O)O)OB(O)CC2. The standard InChI is InChI=1S/C13H18BNO4S/c15-6-1-7-20-8-10-3-2-9-4-5-14(18)19-12(9)11(10)13(16)17/h2-3,18H,1,4-8,15H2,(H,16,17). The number of nitrogens with two attached hydrogens (primary N) is 1. The minimum atomic E-state index is -1.01. The lowest BCUT2D eigenvalue weighted by Gasteiger charge is -2.23. The topological polar surface area (TPSA) is 92.8 Å². The summed E-state index contributed by atoms with van der Waals surface area (Å²) in [5.74, 6) is 0.823. The van der Waals surface area contributed by atoms with Crippen LogP contribution in [0.5, 0.6) is 5.75 Å². The van der Waals surface area contributed by atoms with Crippen LogP contribution in [0.3, 0.4) is 0 Å². The van der Waals surface area contributed by atoms with E-state index in [-0.39, 0.29) is 5.56 Å². The molecule has 0 atom stereocenters. The molecule has 5 nitrogen and oxygen atoms in total. The summed E-state index contributed by atoms with van der Waals surface area (Å²) in [5.41, 5.74) is 7.20. The van der Waals surface area contributed by atoms with Crippen LogP contribution in [-0.2, 0) is 12.2 Å². The Kier molecular flexibility index (Phi) is 5.34. The molecule has 4 N–H and O–H groups in total. The normalized spacial score (nSPS) is 13.8. The Hall–Kier alpha value is -1.18. The highest BCUT2D eigenvalue weighted by Gasteiger charge is 2.29. The van der Waals surface area contributed by atoms with Gasteiger partial charge in [0.2, 0.25) is 0 Å². The van der Waals surface area contributed by atoms with Crippen molar-refractivity contribution in [2.24, 2.45) is 5.73 Å². The van der Waals surface area contributed by atoms with Crippen LogP contribution in [0.15, 0.2) is 12.1 Å². The molecule has 1 aliphatic rings. The minimum Gasteiger partial charge on any atom is -0.535 e. The maximum Gasteiger partial charge on any atom is 0.522 e. The van der Waals surface area contributed by atoms with Gasteiger partial charge in [-0.1, -0.05) is 12.1 Å². The summed E-state index contributed by atoms with van der Waals surface area (Å²) in [5, 5.41) is 19.0. The number of hydrogen-bond donors (Lipinski definition) is 3. The third-order valence-corrected chi connectivity index (χ3v) is 4.30. The smallest absolute Gasteiger partial charge is 0.522 e. The Bertz CT molecular complexity index is 498. The Morgan fingerprint density at radius 3 is 3.00 bits per heavy atom. The molecule has 1 aliphatic heterocycles. The van der Waals surface area contributed by atoms with E-state index < -0.39 is 13.1 Å². The lowest BCUT2D eigenvalue weighted by molar-refractivity contribution is 0.0693. The van der Waals surface area contributed by atoms with Gasteiger partial charge in [0, 0.05) is 5.75 Å². The first-order valence-corrected chi connectivity index (χ1v) is 7.79. The summed E-state index contributed by atoms with van der Waals surface area (Å²) < 4.78 is 5.34. The number of fused-ring (bicyclic) bond motifs is 1. The van der Waals surface area contributed by atoms with Gasteiger partial charge in [-0.2, -0.15) is 11.8 Å². The molecule has 20 heavy (non-hydrogen) atoms. The predicted octanol–water partition coefficient (Wildman–Crippen LogP) is 1.38. The van der Waals surface area contributed by atoms with E-state index in [1.807, 2.05) is 12.1 Å². The molecule has 0 aliphatic carbocycles. The molecule has 0 fully saturated rings. The molecule has 0 unspecified atom stereocenters. The molecule has 0 amide bonds. The number of aromatic carboxylic acids is 1. The van der Waals surface area contributed by atoms with E-state index in [9.17, 15) is 14.9 Å². The Labute approximate surface area is 122 Å². The van der Waals surface area contributed by atoms with Crippen molar-refractivity contribution < 1.29 is 19.6 Å². The highest BCUT2D eigenvalue weighted by atomic mass is 32.2. The van der Waals surface area contributed by atoms with Gasteiger partial charge in [0.15, 0.2) is 0 Å². The van der Waals surface area contributed by atoms with Crippen molar-refractivity contribution in [3.8, 4) is 5.75 Å². The second-order valence-corrected chi connectivity index (χ2v) is 5.80. The second-order valence-electron chi connectivity index (χ2n) is 4.70. The van der Waals surface area contributed by atoms with Crippen LogP contribution in [0.1, 0.15) is 27.9 Å². The molecule has 1 aromatic rings. The monoisotopic (exact) mass is 295 g/mol. The van der Waals surface area contributed by atoms with Crippen LogP contribution in [0.4, 0.5) is 0 Å². The van der Waals surface area contributed by atoms with Crippen molar-refractivity contribution in [2.75, 3.05) is 12.3 Å². The molecule has 108 valence electrons. The van der Waals surface area contributed by atoms with Gasteiger partial charge in [0.25, 0.3) is 0 Å². The van der Waals surface area contributed by atoms with Gasteiger partial charge in [-0.05, 0) is 42.6 Å². The number of carboxylic acid groups (broad SMARTS) is 1. The van der Waals surface area contributed by atoms with Gasteiger partial charge < -0.3 is 20.5 Å². The van der Waals surface area contributed by atoms with Crippen LogP contribution in [0.2, 0.25) is 6.32 Å². The third kappa shape index (κ3) is 3.47. The first-order chi connectivity index (χ1) is 9.63. The maximum atomic E-state index is 11.5. The lowest BCUT2D eigenvalue weighted by atomic mass is 9.78. The number of rotatable bonds is 6. The van der Waals surface area contributed by atoms with Crippen molar-refractivity contribution >= 4 is 24.8 Å². The van der Waals surface area contributed by atoms with Gasteiger partial charge in [0.1, 0.15) is 11.3 Å². The lowest BCUT2D eigenvalue weighted by Crippen LogP contribution is -2.28. The summed E-state index contributed by atoms with van der Waals surface area (Å²) in [4.78, 5) is 11.5.